The number of anilines is 1. The number of amidine groups is 1. The number of carbonyl (C=O) groups is 1. The lowest BCUT2D eigenvalue weighted by Gasteiger charge is -2.10. The SMILES string of the molecule is CCCCCCC(=O)Nc1ccc(F)cc1/C(N)=N/O. The molecule has 0 aromatic heterocycles. The molecular formula is C14H20FN3O2. The molecule has 0 unspecified atom stereocenters. The number of oxime groups is 1. The average Bonchev–Trinajstić information content (AvgIpc) is 2.44. The molecule has 0 aliphatic heterocycles. The smallest absolute Gasteiger partial charge is 0.224 e. The van der Waals surface area contributed by atoms with Gasteiger partial charge in [0.05, 0.1) is 5.69 Å². The first-order chi connectivity index (χ1) is 9.58. The van der Waals surface area contributed by atoms with E-state index in [1.54, 1.807) is 0 Å². The minimum absolute atomic E-state index is 0.161. The number of carbonyl (C=O) groups excluding carboxylic acids is 1. The van der Waals surface area contributed by atoms with Crippen LogP contribution in [0.15, 0.2) is 23.4 Å². The highest BCUT2D eigenvalue weighted by atomic mass is 19.1. The molecule has 0 heterocycles. The maximum atomic E-state index is 13.2. The molecule has 6 heteroatoms. The van der Waals surface area contributed by atoms with Crippen molar-refractivity contribution < 1.29 is 14.4 Å². The van der Waals surface area contributed by atoms with E-state index in [1.807, 2.05) is 0 Å². The Labute approximate surface area is 117 Å². The Balaban J connectivity index is 2.69. The van der Waals surface area contributed by atoms with Crippen molar-refractivity contribution in [3.63, 3.8) is 0 Å². The minimum Gasteiger partial charge on any atom is -0.409 e. The van der Waals surface area contributed by atoms with Crippen molar-refractivity contribution in [3.05, 3.63) is 29.6 Å². The fourth-order valence-corrected chi connectivity index (χ4v) is 1.82. The number of benzene rings is 1. The van der Waals surface area contributed by atoms with Gasteiger partial charge >= 0.3 is 0 Å². The van der Waals surface area contributed by atoms with Gasteiger partial charge in [0.1, 0.15) is 5.82 Å². The molecule has 0 aliphatic carbocycles. The van der Waals surface area contributed by atoms with Crippen LogP contribution in [0.2, 0.25) is 0 Å². The Kier molecular flexibility index (Phi) is 6.49. The highest BCUT2D eigenvalue weighted by Crippen LogP contribution is 2.17. The number of nitrogens with zero attached hydrogens (tertiary/aromatic N) is 1. The molecule has 0 atom stereocenters. The Morgan fingerprint density at radius 2 is 2.15 bits per heavy atom. The van der Waals surface area contributed by atoms with Gasteiger partial charge in [-0.15, -0.1) is 0 Å². The number of nitrogens with one attached hydrogen (secondary N) is 1. The molecule has 1 aromatic rings. The number of nitrogens with two attached hydrogens (primary N) is 1. The maximum absolute atomic E-state index is 13.2. The Bertz CT molecular complexity index is 489. The fraction of sp³-hybridized carbons (Fsp3) is 0.429. The van der Waals surface area contributed by atoms with Gasteiger partial charge in [0, 0.05) is 12.0 Å². The zero-order valence-corrected chi connectivity index (χ0v) is 11.5. The summed E-state index contributed by atoms with van der Waals surface area (Å²) >= 11 is 0. The van der Waals surface area contributed by atoms with Crippen LogP contribution in [0.5, 0.6) is 0 Å². The summed E-state index contributed by atoms with van der Waals surface area (Å²) in [6, 6.07) is 3.72. The molecule has 1 rings (SSSR count). The molecule has 20 heavy (non-hydrogen) atoms. The van der Waals surface area contributed by atoms with Crippen LogP contribution in [0, 0.1) is 5.82 Å². The van der Waals surface area contributed by atoms with Crippen molar-refractivity contribution in [2.45, 2.75) is 39.0 Å². The predicted octanol–water partition coefficient (Wildman–Crippen LogP) is 2.83. The topological polar surface area (TPSA) is 87.7 Å². The van der Waals surface area contributed by atoms with Crippen molar-refractivity contribution in [1.82, 2.24) is 0 Å². The van der Waals surface area contributed by atoms with E-state index in [1.165, 1.54) is 12.1 Å². The van der Waals surface area contributed by atoms with Gasteiger partial charge in [-0.05, 0) is 24.6 Å². The molecule has 0 aliphatic rings. The van der Waals surface area contributed by atoms with Crippen molar-refractivity contribution in [1.29, 1.82) is 0 Å². The standard InChI is InChI=1S/C14H20FN3O2/c1-2-3-4-5-6-13(19)17-12-8-7-10(15)9-11(12)14(16)18-20/h7-9,20H,2-6H2,1H3,(H2,16,18)(H,17,19). The van der Waals surface area contributed by atoms with E-state index in [0.717, 1.165) is 31.7 Å². The minimum atomic E-state index is -0.521. The number of unbranched alkanes of at least 4 members (excludes halogenated alkanes) is 3. The summed E-state index contributed by atoms with van der Waals surface area (Å²) in [5, 5.41) is 14.1. The third kappa shape index (κ3) is 4.87. The van der Waals surface area contributed by atoms with Gasteiger partial charge in [0.25, 0.3) is 0 Å². The molecule has 1 aromatic carbocycles. The third-order valence-electron chi connectivity index (χ3n) is 2.90. The van der Waals surface area contributed by atoms with E-state index < -0.39 is 5.82 Å². The maximum Gasteiger partial charge on any atom is 0.224 e. The molecule has 5 nitrogen and oxygen atoms in total. The fourth-order valence-electron chi connectivity index (χ4n) is 1.82. The van der Waals surface area contributed by atoms with Crippen LogP contribution in [0.4, 0.5) is 10.1 Å². The summed E-state index contributed by atoms with van der Waals surface area (Å²) in [4.78, 5) is 11.8. The summed E-state index contributed by atoms with van der Waals surface area (Å²) in [5.74, 6) is -0.932. The lowest BCUT2D eigenvalue weighted by atomic mass is 10.1. The molecule has 1 amide bonds. The van der Waals surface area contributed by atoms with Crippen molar-refractivity contribution in [2.24, 2.45) is 10.9 Å². The van der Waals surface area contributed by atoms with Gasteiger partial charge in [0.2, 0.25) is 5.91 Å². The van der Waals surface area contributed by atoms with Crippen LogP contribution >= 0.6 is 0 Å². The first-order valence-corrected chi connectivity index (χ1v) is 6.65. The lowest BCUT2D eigenvalue weighted by Crippen LogP contribution is -2.19. The number of amides is 1. The summed E-state index contributed by atoms with van der Waals surface area (Å²) in [6.07, 6.45) is 4.40. The Morgan fingerprint density at radius 3 is 2.80 bits per heavy atom. The van der Waals surface area contributed by atoms with Gasteiger partial charge in [-0.2, -0.15) is 0 Å². The van der Waals surface area contributed by atoms with E-state index in [9.17, 15) is 9.18 Å². The lowest BCUT2D eigenvalue weighted by molar-refractivity contribution is -0.116. The number of hydrogen-bond acceptors (Lipinski definition) is 3. The Hall–Kier alpha value is -2.11. The molecule has 0 bridgehead atoms. The first kappa shape index (κ1) is 15.9. The number of rotatable bonds is 7. The van der Waals surface area contributed by atoms with Crippen LogP contribution in [-0.4, -0.2) is 17.0 Å². The summed E-state index contributed by atoms with van der Waals surface area (Å²) < 4.78 is 13.2. The zero-order valence-electron chi connectivity index (χ0n) is 11.5. The van der Waals surface area contributed by atoms with Gasteiger partial charge in [-0.1, -0.05) is 31.3 Å². The zero-order chi connectivity index (χ0) is 15.0. The van der Waals surface area contributed by atoms with E-state index in [-0.39, 0.29) is 17.3 Å². The van der Waals surface area contributed by atoms with Gasteiger partial charge in [-0.25, -0.2) is 4.39 Å². The summed E-state index contributed by atoms with van der Waals surface area (Å²) in [7, 11) is 0. The second kappa shape index (κ2) is 8.14. The largest absolute Gasteiger partial charge is 0.409 e. The van der Waals surface area contributed by atoms with Crippen molar-refractivity contribution in [3.8, 4) is 0 Å². The van der Waals surface area contributed by atoms with Gasteiger partial charge in [0.15, 0.2) is 5.84 Å². The molecule has 0 fully saturated rings. The quantitative estimate of drug-likeness (QED) is 0.236. The van der Waals surface area contributed by atoms with E-state index in [4.69, 9.17) is 10.9 Å². The predicted molar refractivity (Wildman–Crippen MR) is 76.3 cm³/mol. The van der Waals surface area contributed by atoms with Gasteiger partial charge in [-0.3, -0.25) is 4.79 Å². The van der Waals surface area contributed by atoms with E-state index in [2.05, 4.69) is 17.4 Å². The van der Waals surface area contributed by atoms with Crippen molar-refractivity contribution in [2.75, 3.05) is 5.32 Å². The second-order valence-corrected chi connectivity index (χ2v) is 4.53. The molecule has 4 N–H and O–H groups in total. The van der Waals surface area contributed by atoms with Crippen LogP contribution in [0.3, 0.4) is 0 Å². The molecule has 0 saturated heterocycles. The molecular weight excluding hydrogens is 261 g/mol. The summed E-state index contributed by atoms with van der Waals surface area (Å²) in [5.41, 5.74) is 5.96. The molecule has 0 saturated carbocycles. The molecule has 0 spiro atoms. The molecule has 110 valence electrons. The first-order valence-electron chi connectivity index (χ1n) is 6.65. The van der Waals surface area contributed by atoms with Gasteiger partial charge < -0.3 is 16.3 Å². The van der Waals surface area contributed by atoms with Crippen LogP contribution < -0.4 is 11.1 Å². The summed E-state index contributed by atoms with van der Waals surface area (Å²) in [6.45, 7) is 2.10. The Morgan fingerprint density at radius 1 is 1.40 bits per heavy atom. The number of hydrogen-bond donors (Lipinski definition) is 3. The van der Waals surface area contributed by atoms with E-state index >= 15 is 0 Å². The van der Waals surface area contributed by atoms with E-state index in [0.29, 0.717) is 12.1 Å². The van der Waals surface area contributed by atoms with Crippen molar-refractivity contribution >= 4 is 17.4 Å². The number of halogens is 1. The highest BCUT2D eigenvalue weighted by Gasteiger charge is 2.11. The molecule has 0 radical (unpaired) electrons. The average molecular weight is 281 g/mol. The normalized spacial score (nSPS) is 11.4. The van der Waals surface area contributed by atoms with Crippen LogP contribution in [0.1, 0.15) is 44.6 Å². The second-order valence-electron chi connectivity index (χ2n) is 4.53. The van der Waals surface area contributed by atoms with Crippen LogP contribution in [0.25, 0.3) is 0 Å². The third-order valence-corrected chi connectivity index (χ3v) is 2.90. The van der Waals surface area contributed by atoms with Crippen LogP contribution in [-0.2, 0) is 4.79 Å². The highest BCUT2D eigenvalue weighted by molar-refractivity contribution is 6.05. The monoisotopic (exact) mass is 281 g/mol.